The number of aromatic amines is 1. The fourth-order valence-electron chi connectivity index (χ4n) is 1.30. The lowest BCUT2D eigenvalue weighted by molar-refractivity contribution is -0.136. The molecule has 1 aromatic heterocycles. The lowest BCUT2D eigenvalue weighted by atomic mass is 10.1. The highest BCUT2D eigenvalue weighted by Gasteiger charge is 2.09. The Labute approximate surface area is 90.9 Å². The van der Waals surface area contributed by atoms with Crippen LogP contribution in [0.25, 0.3) is 0 Å². The molecule has 0 aliphatic carbocycles. The first-order valence-electron chi connectivity index (χ1n) is 4.58. The Morgan fingerprint density at radius 1 is 1.57 bits per heavy atom. The molecule has 0 spiro atoms. The summed E-state index contributed by atoms with van der Waals surface area (Å²) in [5, 5.41) is 8.55. The number of aromatic nitrogens is 2. The molecule has 0 unspecified atom stereocenters. The second-order valence-corrected chi connectivity index (χ2v) is 3.85. The van der Waals surface area contributed by atoms with Crippen LogP contribution in [0.4, 0.5) is 0 Å². The molecule has 1 rings (SSSR count). The number of aliphatic carboxylic acids is 1. The number of carboxylic acids is 1. The van der Waals surface area contributed by atoms with Gasteiger partial charge in [-0.05, 0) is 22.4 Å². The Morgan fingerprint density at radius 3 is 2.86 bits per heavy atom. The summed E-state index contributed by atoms with van der Waals surface area (Å²) in [5.41, 5.74) is 1.90. The van der Waals surface area contributed by atoms with E-state index in [1.807, 2.05) is 0 Å². The van der Waals surface area contributed by atoms with Gasteiger partial charge in [0.2, 0.25) is 0 Å². The number of carboxylic acid groups (broad SMARTS) is 1. The second kappa shape index (κ2) is 5.14. The summed E-state index contributed by atoms with van der Waals surface area (Å²) in [6.45, 7) is 2.08. The molecule has 2 N–H and O–H groups in total. The van der Waals surface area contributed by atoms with E-state index in [9.17, 15) is 4.79 Å². The zero-order chi connectivity index (χ0) is 10.6. The molecule has 0 saturated heterocycles. The SMILES string of the molecule is CCCc1[nH]c(Br)nc1CCC(=O)O. The lowest BCUT2D eigenvalue weighted by Gasteiger charge is -1.98. The van der Waals surface area contributed by atoms with Crippen LogP contribution in [0.1, 0.15) is 31.2 Å². The lowest BCUT2D eigenvalue weighted by Crippen LogP contribution is -2.00. The average Bonchev–Trinajstić information content (AvgIpc) is 2.44. The molecule has 0 amide bonds. The number of hydrogen-bond acceptors (Lipinski definition) is 2. The molecule has 0 aliphatic heterocycles. The molecule has 0 bridgehead atoms. The smallest absolute Gasteiger partial charge is 0.303 e. The minimum Gasteiger partial charge on any atom is -0.481 e. The van der Waals surface area contributed by atoms with Gasteiger partial charge in [-0.3, -0.25) is 4.79 Å². The molecule has 5 heteroatoms. The van der Waals surface area contributed by atoms with Crippen molar-refractivity contribution in [2.45, 2.75) is 32.6 Å². The quantitative estimate of drug-likeness (QED) is 0.853. The van der Waals surface area contributed by atoms with E-state index in [1.54, 1.807) is 0 Å². The molecule has 4 nitrogen and oxygen atoms in total. The first kappa shape index (κ1) is 11.2. The van der Waals surface area contributed by atoms with Crippen molar-refractivity contribution < 1.29 is 9.90 Å². The fourth-order valence-corrected chi connectivity index (χ4v) is 1.75. The van der Waals surface area contributed by atoms with Crippen molar-refractivity contribution in [3.63, 3.8) is 0 Å². The predicted molar refractivity (Wildman–Crippen MR) is 56.2 cm³/mol. The van der Waals surface area contributed by atoms with Gasteiger partial charge in [-0.1, -0.05) is 13.3 Å². The van der Waals surface area contributed by atoms with Crippen LogP contribution in [-0.4, -0.2) is 21.0 Å². The molecule has 0 radical (unpaired) electrons. The summed E-state index contributed by atoms with van der Waals surface area (Å²) < 4.78 is 0.682. The number of hydrogen-bond donors (Lipinski definition) is 2. The average molecular weight is 261 g/mol. The Bertz CT molecular complexity index is 323. The number of halogens is 1. The van der Waals surface area contributed by atoms with Crippen molar-refractivity contribution in [1.82, 2.24) is 9.97 Å². The maximum atomic E-state index is 10.4. The molecule has 0 atom stereocenters. The van der Waals surface area contributed by atoms with Crippen LogP contribution in [0.15, 0.2) is 4.73 Å². The molecule has 0 aliphatic rings. The molecule has 1 heterocycles. The molecular weight excluding hydrogens is 248 g/mol. The minimum absolute atomic E-state index is 0.133. The number of nitrogens with one attached hydrogen (secondary N) is 1. The van der Waals surface area contributed by atoms with E-state index in [1.165, 1.54) is 0 Å². The third-order valence-electron chi connectivity index (χ3n) is 1.91. The summed E-state index contributed by atoms with van der Waals surface area (Å²) in [6, 6.07) is 0. The summed E-state index contributed by atoms with van der Waals surface area (Å²) in [7, 11) is 0. The van der Waals surface area contributed by atoms with Gasteiger partial charge >= 0.3 is 5.97 Å². The predicted octanol–water partition coefficient (Wildman–Crippen LogP) is 2.14. The normalized spacial score (nSPS) is 10.4. The van der Waals surface area contributed by atoms with Gasteiger partial charge in [0.25, 0.3) is 0 Å². The number of nitrogens with zero attached hydrogens (tertiary/aromatic N) is 1. The van der Waals surface area contributed by atoms with Gasteiger partial charge in [0.05, 0.1) is 12.1 Å². The molecule has 14 heavy (non-hydrogen) atoms. The summed E-state index contributed by atoms with van der Waals surface area (Å²) in [5.74, 6) is -0.786. The van der Waals surface area contributed by atoms with Gasteiger partial charge in [0, 0.05) is 12.1 Å². The van der Waals surface area contributed by atoms with Crippen molar-refractivity contribution in [2.75, 3.05) is 0 Å². The topological polar surface area (TPSA) is 66.0 Å². The largest absolute Gasteiger partial charge is 0.481 e. The number of H-pyrrole nitrogens is 1. The second-order valence-electron chi connectivity index (χ2n) is 3.10. The molecular formula is C9H13BrN2O2. The van der Waals surface area contributed by atoms with Crippen molar-refractivity contribution in [3.8, 4) is 0 Å². The highest BCUT2D eigenvalue weighted by Crippen LogP contribution is 2.14. The highest BCUT2D eigenvalue weighted by atomic mass is 79.9. The fraction of sp³-hybridized carbons (Fsp3) is 0.556. The van der Waals surface area contributed by atoms with E-state index in [0.717, 1.165) is 24.2 Å². The molecule has 0 aromatic carbocycles. The van der Waals surface area contributed by atoms with E-state index < -0.39 is 5.97 Å². The molecule has 78 valence electrons. The zero-order valence-electron chi connectivity index (χ0n) is 8.01. The Kier molecular flexibility index (Phi) is 4.13. The number of aryl methyl sites for hydroxylation is 2. The van der Waals surface area contributed by atoms with E-state index in [2.05, 4.69) is 32.8 Å². The van der Waals surface area contributed by atoms with Crippen LogP contribution in [0.2, 0.25) is 0 Å². The zero-order valence-corrected chi connectivity index (χ0v) is 9.60. The van der Waals surface area contributed by atoms with Crippen LogP contribution in [0.5, 0.6) is 0 Å². The third kappa shape index (κ3) is 3.14. The van der Waals surface area contributed by atoms with Crippen molar-refractivity contribution in [2.24, 2.45) is 0 Å². The van der Waals surface area contributed by atoms with Gasteiger partial charge in [-0.15, -0.1) is 0 Å². The summed E-state index contributed by atoms with van der Waals surface area (Å²) in [6.07, 6.45) is 2.56. The maximum Gasteiger partial charge on any atom is 0.303 e. The molecule has 1 aromatic rings. The van der Waals surface area contributed by atoms with E-state index in [-0.39, 0.29) is 6.42 Å². The third-order valence-corrected chi connectivity index (χ3v) is 2.29. The van der Waals surface area contributed by atoms with Gasteiger partial charge in [-0.2, -0.15) is 0 Å². The van der Waals surface area contributed by atoms with E-state index in [4.69, 9.17) is 5.11 Å². The van der Waals surface area contributed by atoms with Crippen LogP contribution in [0.3, 0.4) is 0 Å². The molecule has 0 fully saturated rings. The van der Waals surface area contributed by atoms with Gasteiger partial charge < -0.3 is 10.1 Å². The van der Waals surface area contributed by atoms with E-state index >= 15 is 0 Å². The van der Waals surface area contributed by atoms with Crippen molar-refractivity contribution in [3.05, 3.63) is 16.1 Å². The number of rotatable bonds is 5. The van der Waals surface area contributed by atoms with Crippen LogP contribution >= 0.6 is 15.9 Å². The molecule has 0 saturated carbocycles. The number of imidazole rings is 1. The first-order valence-corrected chi connectivity index (χ1v) is 5.37. The number of carbonyl (C=O) groups is 1. The van der Waals surface area contributed by atoms with Gasteiger partial charge in [-0.25, -0.2) is 4.98 Å². The van der Waals surface area contributed by atoms with Crippen molar-refractivity contribution in [1.29, 1.82) is 0 Å². The Balaban J connectivity index is 2.68. The van der Waals surface area contributed by atoms with Gasteiger partial charge in [0.15, 0.2) is 4.73 Å². The Morgan fingerprint density at radius 2 is 2.29 bits per heavy atom. The van der Waals surface area contributed by atoms with E-state index in [0.29, 0.717) is 11.2 Å². The first-order chi connectivity index (χ1) is 6.63. The highest BCUT2D eigenvalue weighted by molar-refractivity contribution is 9.10. The maximum absolute atomic E-state index is 10.4. The van der Waals surface area contributed by atoms with Crippen LogP contribution in [-0.2, 0) is 17.6 Å². The Hall–Kier alpha value is -0.840. The minimum atomic E-state index is -0.786. The van der Waals surface area contributed by atoms with Crippen molar-refractivity contribution >= 4 is 21.9 Å². The standard InChI is InChI=1S/C9H13BrN2O2/c1-2-3-6-7(4-5-8(13)14)12-9(10)11-6/h2-5H2,1H3,(H,11,12)(H,13,14). The monoisotopic (exact) mass is 260 g/mol. The van der Waals surface area contributed by atoms with Gasteiger partial charge in [0.1, 0.15) is 0 Å². The summed E-state index contributed by atoms with van der Waals surface area (Å²) in [4.78, 5) is 17.7. The van der Waals surface area contributed by atoms with Crippen LogP contribution in [0, 0.1) is 0 Å². The van der Waals surface area contributed by atoms with Crippen LogP contribution < -0.4 is 0 Å². The summed E-state index contributed by atoms with van der Waals surface area (Å²) >= 11 is 3.25.